The molecule has 0 amide bonds. The average molecular weight is 333 g/mol. The quantitative estimate of drug-likeness (QED) is 0.804. The van der Waals surface area contributed by atoms with E-state index in [0.29, 0.717) is 5.69 Å². The molecule has 0 saturated carbocycles. The Morgan fingerprint density at radius 2 is 1.92 bits per heavy atom. The molecule has 3 heteroatoms. The number of rotatable bonds is 5. The summed E-state index contributed by atoms with van der Waals surface area (Å²) in [6.45, 7) is 13.8. The molecule has 0 atom stereocenters. The number of piperidine rings is 1. The Hall–Kier alpha value is -2.15. The van der Waals surface area contributed by atoms with Crippen LogP contribution in [0.25, 0.3) is 16.0 Å². The summed E-state index contributed by atoms with van der Waals surface area (Å²) in [4.78, 5) is 5.96. The van der Waals surface area contributed by atoms with E-state index in [0.717, 1.165) is 24.6 Å². The van der Waals surface area contributed by atoms with Gasteiger partial charge in [-0.1, -0.05) is 35.9 Å². The lowest BCUT2D eigenvalue weighted by molar-refractivity contribution is 0.216. The molecule has 130 valence electrons. The number of nitrogens with one attached hydrogen (secondary N) is 1. The van der Waals surface area contributed by atoms with Crippen molar-refractivity contribution in [3.05, 3.63) is 65.0 Å². The third-order valence-electron chi connectivity index (χ3n) is 5.05. The van der Waals surface area contributed by atoms with Crippen LogP contribution >= 0.6 is 0 Å². The number of nitrogens with zero attached hydrogens (tertiary/aromatic N) is 2. The summed E-state index contributed by atoms with van der Waals surface area (Å²) in [6.07, 6.45) is 2.60. The predicted molar refractivity (Wildman–Crippen MR) is 105 cm³/mol. The van der Waals surface area contributed by atoms with Crippen LogP contribution in [-0.4, -0.2) is 31.6 Å². The number of benzene rings is 2. The molecule has 2 aromatic carbocycles. The van der Waals surface area contributed by atoms with Gasteiger partial charge >= 0.3 is 0 Å². The molecule has 2 aromatic rings. The van der Waals surface area contributed by atoms with Gasteiger partial charge in [0.1, 0.15) is 0 Å². The molecule has 3 nitrogen and oxygen atoms in total. The fourth-order valence-electron chi connectivity index (χ4n) is 3.57. The van der Waals surface area contributed by atoms with Crippen molar-refractivity contribution in [1.29, 1.82) is 0 Å². The van der Waals surface area contributed by atoms with Gasteiger partial charge in [0.05, 0.1) is 6.57 Å². The fraction of sp³-hybridized carbons (Fsp3) is 0.409. The summed E-state index contributed by atoms with van der Waals surface area (Å²) < 4.78 is 0. The molecule has 0 aromatic heterocycles. The first-order valence-electron chi connectivity index (χ1n) is 9.12. The van der Waals surface area contributed by atoms with Crippen molar-refractivity contribution < 1.29 is 0 Å². The maximum absolute atomic E-state index is 7.20. The highest BCUT2D eigenvalue weighted by molar-refractivity contribution is 5.69. The van der Waals surface area contributed by atoms with E-state index in [1.54, 1.807) is 0 Å². The van der Waals surface area contributed by atoms with Crippen molar-refractivity contribution in [1.82, 2.24) is 10.2 Å². The second-order valence-corrected chi connectivity index (χ2v) is 7.25. The number of hydrogen-bond acceptors (Lipinski definition) is 2. The van der Waals surface area contributed by atoms with E-state index in [1.165, 1.54) is 42.6 Å². The van der Waals surface area contributed by atoms with E-state index in [2.05, 4.69) is 53.3 Å². The second kappa shape index (κ2) is 8.29. The highest BCUT2D eigenvalue weighted by atomic mass is 15.1. The third-order valence-corrected chi connectivity index (χ3v) is 5.05. The minimum atomic E-state index is 0.695. The average Bonchev–Trinajstić information content (AvgIpc) is 2.63. The van der Waals surface area contributed by atoms with Crippen LogP contribution in [0.4, 0.5) is 5.69 Å². The van der Waals surface area contributed by atoms with Gasteiger partial charge in [-0.05, 0) is 81.2 Å². The Kier molecular flexibility index (Phi) is 5.86. The lowest BCUT2D eigenvalue weighted by atomic mass is 9.97. The van der Waals surface area contributed by atoms with Crippen molar-refractivity contribution in [3.8, 4) is 11.1 Å². The lowest BCUT2D eigenvalue weighted by Crippen LogP contribution is -2.34. The molecular weight excluding hydrogens is 306 g/mol. The van der Waals surface area contributed by atoms with Gasteiger partial charge in [-0.3, -0.25) is 0 Å². The summed E-state index contributed by atoms with van der Waals surface area (Å²) >= 11 is 0. The first-order valence-corrected chi connectivity index (χ1v) is 9.12. The maximum Gasteiger partial charge on any atom is 0.187 e. The molecule has 0 unspecified atom stereocenters. The SMILES string of the molecule is [C-]#[N+]c1cccc(-c2cc(C)cc(CNCC3CCN(C)CC3)c2)c1. The van der Waals surface area contributed by atoms with Gasteiger partial charge in [-0.25, -0.2) is 4.85 Å². The number of aryl methyl sites for hydroxylation is 1. The maximum atomic E-state index is 7.20. The highest BCUT2D eigenvalue weighted by Crippen LogP contribution is 2.26. The molecule has 1 aliphatic heterocycles. The van der Waals surface area contributed by atoms with Crippen molar-refractivity contribution in [2.24, 2.45) is 5.92 Å². The van der Waals surface area contributed by atoms with Crippen LogP contribution in [-0.2, 0) is 6.54 Å². The molecule has 0 spiro atoms. The molecule has 1 heterocycles. The third kappa shape index (κ3) is 4.92. The Morgan fingerprint density at radius 3 is 2.68 bits per heavy atom. The molecular formula is C22H27N3. The largest absolute Gasteiger partial charge is 0.312 e. The molecule has 0 bridgehead atoms. The van der Waals surface area contributed by atoms with E-state index >= 15 is 0 Å². The van der Waals surface area contributed by atoms with Crippen LogP contribution in [0.1, 0.15) is 24.0 Å². The summed E-state index contributed by atoms with van der Waals surface area (Å²) in [5.41, 5.74) is 5.59. The zero-order chi connectivity index (χ0) is 17.6. The van der Waals surface area contributed by atoms with Gasteiger partial charge in [-0.15, -0.1) is 0 Å². The van der Waals surface area contributed by atoms with E-state index in [1.807, 2.05) is 18.2 Å². The van der Waals surface area contributed by atoms with Crippen LogP contribution in [0.2, 0.25) is 0 Å². The Morgan fingerprint density at radius 1 is 1.12 bits per heavy atom. The van der Waals surface area contributed by atoms with Gasteiger partial charge in [0, 0.05) is 6.54 Å². The summed E-state index contributed by atoms with van der Waals surface area (Å²) in [6, 6.07) is 14.6. The number of hydrogen-bond donors (Lipinski definition) is 1. The smallest absolute Gasteiger partial charge is 0.187 e. The van der Waals surface area contributed by atoms with Crippen molar-refractivity contribution in [2.75, 3.05) is 26.7 Å². The Labute approximate surface area is 151 Å². The van der Waals surface area contributed by atoms with E-state index in [4.69, 9.17) is 6.57 Å². The van der Waals surface area contributed by atoms with E-state index in [-0.39, 0.29) is 0 Å². The van der Waals surface area contributed by atoms with Gasteiger partial charge < -0.3 is 10.2 Å². The lowest BCUT2D eigenvalue weighted by Gasteiger charge is -2.29. The van der Waals surface area contributed by atoms with Crippen molar-refractivity contribution in [3.63, 3.8) is 0 Å². The van der Waals surface area contributed by atoms with E-state index in [9.17, 15) is 0 Å². The fourth-order valence-corrected chi connectivity index (χ4v) is 3.57. The zero-order valence-corrected chi connectivity index (χ0v) is 15.3. The topological polar surface area (TPSA) is 19.6 Å². The van der Waals surface area contributed by atoms with Crippen LogP contribution in [0.5, 0.6) is 0 Å². The Balaban J connectivity index is 1.64. The zero-order valence-electron chi connectivity index (χ0n) is 15.3. The predicted octanol–water partition coefficient (Wildman–Crippen LogP) is 4.64. The van der Waals surface area contributed by atoms with Crippen molar-refractivity contribution >= 4 is 5.69 Å². The summed E-state index contributed by atoms with van der Waals surface area (Å²) in [5, 5.41) is 3.65. The van der Waals surface area contributed by atoms with Crippen LogP contribution in [0.3, 0.4) is 0 Å². The molecule has 0 radical (unpaired) electrons. The molecule has 1 aliphatic rings. The van der Waals surface area contributed by atoms with Gasteiger partial charge in [-0.2, -0.15) is 0 Å². The van der Waals surface area contributed by atoms with Gasteiger partial charge in [0.25, 0.3) is 0 Å². The minimum Gasteiger partial charge on any atom is -0.312 e. The molecule has 1 saturated heterocycles. The first-order chi connectivity index (χ1) is 12.1. The van der Waals surface area contributed by atoms with Crippen LogP contribution < -0.4 is 5.32 Å². The number of likely N-dealkylation sites (tertiary alicyclic amines) is 1. The second-order valence-electron chi connectivity index (χ2n) is 7.25. The molecule has 0 aliphatic carbocycles. The normalized spacial score (nSPS) is 15.9. The molecule has 25 heavy (non-hydrogen) atoms. The Bertz CT molecular complexity index is 752. The standard InChI is InChI=1S/C22H27N3/c1-17-11-19(16-24-15-18-7-9-25(3)10-8-18)13-21(12-17)20-5-4-6-22(14-20)23-2/h4-6,11-14,18,24H,7-10,15-16H2,1,3H3. The highest BCUT2D eigenvalue weighted by Gasteiger charge is 2.15. The minimum absolute atomic E-state index is 0.695. The van der Waals surface area contributed by atoms with Crippen molar-refractivity contribution in [2.45, 2.75) is 26.3 Å². The van der Waals surface area contributed by atoms with Crippen LogP contribution in [0, 0.1) is 19.4 Å². The summed E-state index contributed by atoms with van der Waals surface area (Å²) in [7, 11) is 2.21. The molecule has 1 N–H and O–H groups in total. The van der Waals surface area contributed by atoms with Crippen LogP contribution in [0.15, 0.2) is 42.5 Å². The van der Waals surface area contributed by atoms with Gasteiger partial charge in [0.15, 0.2) is 5.69 Å². The summed E-state index contributed by atoms with van der Waals surface area (Å²) in [5.74, 6) is 0.802. The first kappa shape index (κ1) is 17.7. The van der Waals surface area contributed by atoms with E-state index < -0.39 is 0 Å². The monoisotopic (exact) mass is 333 g/mol. The van der Waals surface area contributed by atoms with Gasteiger partial charge in [0.2, 0.25) is 0 Å². The molecule has 3 rings (SSSR count). The molecule has 1 fully saturated rings.